The van der Waals surface area contributed by atoms with Crippen molar-refractivity contribution in [2.45, 2.75) is 19.0 Å². The minimum absolute atomic E-state index is 0.137. The fourth-order valence-electron chi connectivity index (χ4n) is 3.03. The van der Waals surface area contributed by atoms with E-state index in [1.807, 2.05) is 44.2 Å². The zero-order chi connectivity index (χ0) is 20.9. The number of carbonyl (C=O) groups is 1. The van der Waals surface area contributed by atoms with E-state index in [1.54, 1.807) is 12.1 Å². The van der Waals surface area contributed by atoms with E-state index in [4.69, 9.17) is 9.47 Å². The Hall–Kier alpha value is -3.33. The summed E-state index contributed by atoms with van der Waals surface area (Å²) in [7, 11) is 0. The number of nitrogens with zero attached hydrogens (tertiary/aromatic N) is 3. The van der Waals surface area contributed by atoms with Gasteiger partial charge in [0.05, 0.1) is 24.7 Å². The van der Waals surface area contributed by atoms with Crippen LogP contribution in [0.2, 0.25) is 0 Å². The number of rotatable bonds is 8. The molecule has 0 fully saturated rings. The Bertz CT molecular complexity index is 1190. The average Bonchev–Trinajstić information content (AvgIpc) is 3.12. The number of thioether (sulfide) groups is 1. The van der Waals surface area contributed by atoms with E-state index in [0.29, 0.717) is 46.7 Å². The van der Waals surface area contributed by atoms with Crippen LogP contribution in [0, 0.1) is 0 Å². The summed E-state index contributed by atoms with van der Waals surface area (Å²) in [6.07, 6.45) is 0. The van der Waals surface area contributed by atoms with Gasteiger partial charge in [-0.15, -0.1) is 10.2 Å². The molecule has 2 N–H and O–H groups in total. The van der Waals surface area contributed by atoms with Crippen LogP contribution in [-0.4, -0.2) is 45.0 Å². The number of benzene rings is 2. The minimum Gasteiger partial charge on any atom is -0.494 e. The summed E-state index contributed by atoms with van der Waals surface area (Å²) in [6, 6.07) is 13.2. The first kappa shape index (κ1) is 20.0. The number of H-pyrrole nitrogens is 1. The Morgan fingerprint density at radius 3 is 2.77 bits per heavy atom. The number of aromatic nitrogens is 4. The Morgan fingerprint density at radius 1 is 1.10 bits per heavy atom. The van der Waals surface area contributed by atoms with Crippen molar-refractivity contribution in [3.63, 3.8) is 0 Å². The molecular formula is C21H21N5O3S. The number of fused-ring (bicyclic) bond motifs is 3. The van der Waals surface area contributed by atoms with E-state index >= 15 is 0 Å². The summed E-state index contributed by atoms with van der Waals surface area (Å²) in [5, 5.41) is 12.7. The first-order chi connectivity index (χ1) is 14.7. The number of ether oxygens (including phenoxy) is 2. The lowest BCUT2D eigenvalue weighted by Gasteiger charge is -2.13. The first-order valence-electron chi connectivity index (χ1n) is 9.61. The fourth-order valence-corrected chi connectivity index (χ4v) is 3.61. The average molecular weight is 423 g/mol. The van der Waals surface area contributed by atoms with Gasteiger partial charge in [0.1, 0.15) is 17.0 Å². The van der Waals surface area contributed by atoms with Crippen LogP contribution in [-0.2, 0) is 4.79 Å². The molecule has 0 aliphatic heterocycles. The van der Waals surface area contributed by atoms with E-state index in [2.05, 4.69) is 25.5 Å². The number of aromatic amines is 1. The van der Waals surface area contributed by atoms with Crippen molar-refractivity contribution in [2.75, 3.05) is 24.3 Å². The van der Waals surface area contributed by atoms with Crippen LogP contribution >= 0.6 is 11.8 Å². The summed E-state index contributed by atoms with van der Waals surface area (Å²) in [6.45, 7) is 4.83. The maximum absolute atomic E-state index is 12.5. The molecule has 30 heavy (non-hydrogen) atoms. The van der Waals surface area contributed by atoms with Crippen LogP contribution < -0.4 is 14.8 Å². The van der Waals surface area contributed by atoms with E-state index in [0.717, 1.165) is 10.9 Å². The Labute approximate surface area is 177 Å². The van der Waals surface area contributed by atoms with Gasteiger partial charge >= 0.3 is 0 Å². The smallest absolute Gasteiger partial charge is 0.234 e. The molecule has 154 valence electrons. The van der Waals surface area contributed by atoms with Crippen molar-refractivity contribution in [3.8, 4) is 11.5 Å². The number of hydrogen-bond donors (Lipinski definition) is 2. The Morgan fingerprint density at radius 2 is 1.93 bits per heavy atom. The molecule has 4 rings (SSSR count). The monoisotopic (exact) mass is 423 g/mol. The number of nitrogens with one attached hydrogen (secondary N) is 2. The molecule has 2 heterocycles. The zero-order valence-corrected chi connectivity index (χ0v) is 17.5. The van der Waals surface area contributed by atoms with Crippen LogP contribution in [0.3, 0.4) is 0 Å². The normalized spacial score (nSPS) is 11.0. The van der Waals surface area contributed by atoms with Gasteiger partial charge in [-0.3, -0.25) is 4.79 Å². The van der Waals surface area contributed by atoms with Gasteiger partial charge < -0.3 is 19.8 Å². The van der Waals surface area contributed by atoms with Gasteiger partial charge in [-0.1, -0.05) is 30.0 Å². The second kappa shape index (κ2) is 9.00. The molecule has 9 heteroatoms. The van der Waals surface area contributed by atoms with Crippen LogP contribution in [0.25, 0.3) is 22.1 Å². The number of hydrogen-bond acceptors (Lipinski definition) is 7. The molecule has 8 nitrogen and oxygen atoms in total. The quantitative estimate of drug-likeness (QED) is 0.413. The standard InChI is InChI=1S/C21H21N5O3S/c1-3-28-13-9-10-17(29-4-2)16(11-13)22-18(27)12-30-21-24-20-19(25-26-21)14-7-5-6-8-15(14)23-20/h5-11H,3-4,12H2,1-2H3,(H,22,27)(H,23,24,26). The number of carbonyl (C=O) groups excluding carboxylic acids is 1. The van der Waals surface area contributed by atoms with Gasteiger partial charge in [0.15, 0.2) is 5.65 Å². The second-order valence-electron chi connectivity index (χ2n) is 6.32. The van der Waals surface area contributed by atoms with Gasteiger partial charge in [0.25, 0.3) is 0 Å². The third-order valence-corrected chi connectivity index (χ3v) is 5.11. The summed E-state index contributed by atoms with van der Waals surface area (Å²) in [5.41, 5.74) is 2.89. The van der Waals surface area contributed by atoms with E-state index in [1.165, 1.54) is 11.8 Å². The number of para-hydroxylation sites is 1. The minimum atomic E-state index is -0.199. The van der Waals surface area contributed by atoms with Crippen molar-refractivity contribution in [1.29, 1.82) is 0 Å². The third kappa shape index (κ3) is 4.30. The molecule has 0 bridgehead atoms. The molecular weight excluding hydrogens is 402 g/mol. The fraction of sp³-hybridized carbons (Fsp3) is 0.238. The first-order valence-corrected chi connectivity index (χ1v) is 10.6. The van der Waals surface area contributed by atoms with Crippen molar-refractivity contribution in [1.82, 2.24) is 20.2 Å². The SMILES string of the molecule is CCOc1ccc(OCC)c(NC(=O)CSc2nnc3c(n2)[nH]c2ccccc23)c1. The van der Waals surface area contributed by atoms with Gasteiger partial charge in [0.2, 0.25) is 11.1 Å². The summed E-state index contributed by atoms with van der Waals surface area (Å²) in [5.74, 6) is 1.20. The lowest BCUT2D eigenvalue weighted by atomic mass is 10.2. The van der Waals surface area contributed by atoms with Crippen LogP contribution in [0.15, 0.2) is 47.6 Å². The maximum atomic E-state index is 12.5. The molecule has 0 atom stereocenters. The number of amides is 1. The number of anilines is 1. The Balaban J connectivity index is 1.45. The van der Waals surface area contributed by atoms with Crippen LogP contribution in [0.1, 0.15) is 13.8 Å². The highest BCUT2D eigenvalue weighted by Gasteiger charge is 2.13. The zero-order valence-electron chi connectivity index (χ0n) is 16.6. The second-order valence-corrected chi connectivity index (χ2v) is 7.27. The molecule has 0 aliphatic carbocycles. The third-order valence-electron chi connectivity index (χ3n) is 4.27. The summed E-state index contributed by atoms with van der Waals surface area (Å²) >= 11 is 1.22. The van der Waals surface area contributed by atoms with Crippen LogP contribution in [0.5, 0.6) is 11.5 Å². The molecule has 0 aliphatic rings. The molecule has 2 aromatic heterocycles. The maximum Gasteiger partial charge on any atom is 0.234 e. The topological polar surface area (TPSA) is 102 Å². The van der Waals surface area contributed by atoms with Gasteiger partial charge in [-0.2, -0.15) is 0 Å². The molecule has 0 spiro atoms. The molecule has 4 aromatic rings. The molecule has 1 amide bonds. The molecule has 0 saturated heterocycles. The Kier molecular flexibility index (Phi) is 5.99. The van der Waals surface area contributed by atoms with E-state index in [9.17, 15) is 4.79 Å². The molecule has 0 unspecified atom stereocenters. The van der Waals surface area contributed by atoms with Gasteiger partial charge in [-0.25, -0.2) is 4.98 Å². The van der Waals surface area contributed by atoms with Crippen molar-refractivity contribution < 1.29 is 14.3 Å². The predicted molar refractivity (Wildman–Crippen MR) is 117 cm³/mol. The van der Waals surface area contributed by atoms with Crippen molar-refractivity contribution in [2.24, 2.45) is 0 Å². The highest BCUT2D eigenvalue weighted by atomic mass is 32.2. The van der Waals surface area contributed by atoms with Crippen molar-refractivity contribution >= 4 is 45.4 Å². The summed E-state index contributed by atoms with van der Waals surface area (Å²) in [4.78, 5) is 20.2. The lowest BCUT2D eigenvalue weighted by Crippen LogP contribution is -2.15. The highest BCUT2D eigenvalue weighted by molar-refractivity contribution is 7.99. The summed E-state index contributed by atoms with van der Waals surface area (Å²) < 4.78 is 11.1. The molecule has 0 saturated carbocycles. The van der Waals surface area contributed by atoms with Gasteiger partial charge in [-0.05, 0) is 32.0 Å². The largest absolute Gasteiger partial charge is 0.494 e. The van der Waals surface area contributed by atoms with Crippen molar-refractivity contribution in [3.05, 3.63) is 42.5 Å². The highest BCUT2D eigenvalue weighted by Crippen LogP contribution is 2.30. The van der Waals surface area contributed by atoms with Crippen LogP contribution in [0.4, 0.5) is 5.69 Å². The van der Waals surface area contributed by atoms with E-state index in [-0.39, 0.29) is 11.7 Å². The molecule has 2 aromatic carbocycles. The predicted octanol–water partition coefficient (Wildman–Crippen LogP) is 4.03. The van der Waals surface area contributed by atoms with E-state index < -0.39 is 0 Å². The molecule has 0 radical (unpaired) electrons. The van der Waals surface area contributed by atoms with Gasteiger partial charge in [0, 0.05) is 17.0 Å². The lowest BCUT2D eigenvalue weighted by molar-refractivity contribution is -0.113.